The molecule has 4 rings (SSSR count). The molecule has 7 heteroatoms. The number of benzene rings is 2. The van der Waals surface area contributed by atoms with Crippen molar-refractivity contribution in [1.29, 1.82) is 0 Å². The third-order valence-corrected chi connectivity index (χ3v) is 5.14. The third-order valence-electron chi connectivity index (χ3n) is 5.14. The van der Waals surface area contributed by atoms with Crippen LogP contribution in [0.4, 0.5) is 0 Å². The van der Waals surface area contributed by atoms with Gasteiger partial charge in [-0.3, -0.25) is 9.20 Å². The van der Waals surface area contributed by atoms with Crippen LogP contribution >= 0.6 is 0 Å². The smallest absolute Gasteiger partial charge is 0.240 e. The van der Waals surface area contributed by atoms with Crippen LogP contribution in [0, 0.1) is 0 Å². The Balaban J connectivity index is 1.64. The molecule has 0 radical (unpaired) electrons. The minimum absolute atomic E-state index is 0.229. The number of fused-ring (bicyclic) bond motifs is 1. The molecule has 0 bridgehead atoms. The Labute approximate surface area is 187 Å². The Morgan fingerprint density at radius 2 is 1.72 bits per heavy atom. The summed E-state index contributed by atoms with van der Waals surface area (Å²) in [6, 6.07) is 23.3. The van der Waals surface area contributed by atoms with Gasteiger partial charge in [0.15, 0.2) is 11.5 Å². The number of nitrogens with zero attached hydrogens (tertiary/aromatic N) is 3. The van der Waals surface area contributed by atoms with E-state index in [0.29, 0.717) is 18.1 Å². The zero-order valence-electron chi connectivity index (χ0n) is 18.2. The lowest BCUT2D eigenvalue weighted by molar-refractivity contribution is -0.126. The number of ether oxygens (including phenoxy) is 1. The van der Waals surface area contributed by atoms with Gasteiger partial charge in [-0.2, -0.15) is 0 Å². The maximum Gasteiger partial charge on any atom is 0.240 e. The highest BCUT2D eigenvalue weighted by atomic mass is 16.5. The normalized spacial score (nSPS) is 12.6. The van der Waals surface area contributed by atoms with Crippen LogP contribution in [0.1, 0.15) is 31.3 Å². The summed E-state index contributed by atoms with van der Waals surface area (Å²) in [6.07, 6.45) is 1.89. The van der Waals surface area contributed by atoms with Crippen LogP contribution < -0.4 is 11.1 Å². The predicted molar refractivity (Wildman–Crippen MR) is 124 cm³/mol. The van der Waals surface area contributed by atoms with Crippen molar-refractivity contribution in [3.8, 4) is 11.1 Å². The van der Waals surface area contributed by atoms with Gasteiger partial charge in [0.05, 0.1) is 18.8 Å². The van der Waals surface area contributed by atoms with Crippen molar-refractivity contribution in [3.05, 3.63) is 90.4 Å². The number of aromatic nitrogens is 3. The van der Waals surface area contributed by atoms with Gasteiger partial charge in [-0.25, -0.2) is 0 Å². The summed E-state index contributed by atoms with van der Waals surface area (Å²) in [6.45, 7) is 3.98. The van der Waals surface area contributed by atoms with E-state index in [2.05, 4.69) is 15.5 Å². The second-order valence-corrected chi connectivity index (χ2v) is 8.29. The van der Waals surface area contributed by atoms with Crippen LogP contribution in [-0.4, -0.2) is 32.7 Å². The van der Waals surface area contributed by atoms with Gasteiger partial charge >= 0.3 is 0 Å². The summed E-state index contributed by atoms with van der Waals surface area (Å²) >= 11 is 0. The molecule has 2 aromatic heterocycles. The zero-order valence-corrected chi connectivity index (χ0v) is 18.2. The summed E-state index contributed by atoms with van der Waals surface area (Å²) in [4.78, 5) is 12.7. The summed E-state index contributed by atoms with van der Waals surface area (Å²) in [5, 5.41) is 11.8. The Morgan fingerprint density at radius 1 is 1.03 bits per heavy atom. The van der Waals surface area contributed by atoms with Gasteiger partial charge in [0.1, 0.15) is 6.04 Å². The van der Waals surface area contributed by atoms with Crippen molar-refractivity contribution in [2.45, 2.75) is 32.0 Å². The number of carbonyl (C=O) groups is 1. The van der Waals surface area contributed by atoms with Gasteiger partial charge in [0.25, 0.3) is 0 Å². The summed E-state index contributed by atoms with van der Waals surface area (Å²) < 4.78 is 7.84. The Kier molecular flexibility index (Phi) is 6.30. The lowest BCUT2D eigenvalue weighted by atomic mass is 10.1. The van der Waals surface area contributed by atoms with Crippen LogP contribution in [0.25, 0.3) is 16.8 Å². The predicted octanol–water partition coefficient (Wildman–Crippen LogP) is 3.51. The minimum atomic E-state index is -1.03. The van der Waals surface area contributed by atoms with Crippen molar-refractivity contribution in [1.82, 2.24) is 19.9 Å². The molecule has 3 N–H and O–H groups in total. The molecule has 0 saturated carbocycles. The van der Waals surface area contributed by atoms with E-state index in [9.17, 15) is 4.79 Å². The first-order valence-corrected chi connectivity index (χ1v) is 10.5. The van der Waals surface area contributed by atoms with Crippen molar-refractivity contribution < 1.29 is 9.53 Å². The maximum atomic E-state index is 12.7. The third kappa shape index (κ3) is 4.85. The number of hydrogen-bond acceptors (Lipinski definition) is 5. The monoisotopic (exact) mass is 429 g/mol. The van der Waals surface area contributed by atoms with Crippen molar-refractivity contribution in [2.24, 2.45) is 5.73 Å². The molecule has 4 aromatic rings. The number of hydrogen-bond donors (Lipinski definition) is 2. The standard InChI is InChI=1S/C25H27N5O2/c1-25(2,26)24(31)27-21(17-32-16-18-10-5-3-6-11-18)23-29-28-22-20(14-9-15-30(22)23)19-12-7-4-8-13-19/h3-15,21H,16-17,26H2,1-2H3,(H,27,31)/t21-/m1/s1. The van der Waals surface area contributed by atoms with Crippen LogP contribution in [0.3, 0.4) is 0 Å². The first kappa shape index (κ1) is 21.7. The number of pyridine rings is 1. The van der Waals surface area contributed by atoms with Crippen molar-refractivity contribution >= 4 is 11.6 Å². The molecule has 0 saturated heterocycles. The number of nitrogens with two attached hydrogens (primary N) is 1. The van der Waals surface area contributed by atoms with Crippen molar-refractivity contribution in [2.75, 3.05) is 6.61 Å². The van der Waals surface area contributed by atoms with E-state index >= 15 is 0 Å². The number of amides is 1. The second kappa shape index (κ2) is 9.30. The molecule has 0 aliphatic heterocycles. The summed E-state index contributed by atoms with van der Waals surface area (Å²) in [5.74, 6) is 0.296. The first-order chi connectivity index (χ1) is 15.4. The highest BCUT2D eigenvalue weighted by molar-refractivity contribution is 5.85. The molecule has 1 atom stereocenters. The molecular weight excluding hydrogens is 402 g/mol. The fourth-order valence-corrected chi connectivity index (χ4v) is 3.41. The van der Waals surface area contributed by atoms with Crippen LogP contribution in [0.2, 0.25) is 0 Å². The Morgan fingerprint density at radius 3 is 2.41 bits per heavy atom. The second-order valence-electron chi connectivity index (χ2n) is 8.29. The molecule has 2 heterocycles. The SMILES string of the molecule is CC(C)(N)C(=O)N[C@H](COCc1ccccc1)c1nnc2c(-c3ccccc3)cccn12. The van der Waals surface area contributed by atoms with Gasteiger partial charge in [-0.15, -0.1) is 10.2 Å². The van der Waals surface area contributed by atoms with Crippen LogP contribution in [0.15, 0.2) is 79.0 Å². The summed E-state index contributed by atoms with van der Waals surface area (Å²) in [5.41, 5.74) is 8.75. The number of rotatable bonds is 8. The van der Waals surface area contributed by atoms with E-state index in [1.165, 1.54) is 0 Å². The van der Waals surface area contributed by atoms with E-state index in [0.717, 1.165) is 16.7 Å². The molecule has 1 amide bonds. The average molecular weight is 430 g/mol. The molecule has 0 fully saturated rings. The highest BCUT2D eigenvalue weighted by Gasteiger charge is 2.28. The minimum Gasteiger partial charge on any atom is -0.374 e. The molecule has 2 aromatic carbocycles. The molecule has 0 unspecified atom stereocenters. The molecular formula is C25H27N5O2. The van der Waals surface area contributed by atoms with E-state index < -0.39 is 11.6 Å². The van der Waals surface area contributed by atoms with Crippen LogP contribution in [0.5, 0.6) is 0 Å². The lowest BCUT2D eigenvalue weighted by Crippen LogP contribution is -2.50. The average Bonchev–Trinajstić information content (AvgIpc) is 3.23. The molecule has 32 heavy (non-hydrogen) atoms. The Bertz CT molecular complexity index is 1180. The van der Waals surface area contributed by atoms with Gasteiger partial charge in [0, 0.05) is 11.8 Å². The number of carbonyl (C=O) groups excluding carboxylic acids is 1. The largest absolute Gasteiger partial charge is 0.374 e. The van der Waals surface area contributed by atoms with Gasteiger partial charge in [-0.05, 0) is 37.1 Å². The van der Waals surface area contributed by atoms with Crippen molar-refractivity contribution in [3.63, 3.8) is 0 Å². The van der Waals surface area contributed by atoms with Crippen LogP contribution in [-0.2, 0) is 16.1 Å². The fraction of sp³-hybridized carbons (Fsp3) is 0.240. The van der Waals surface area contributed by atoms with E-state index in [1.807, 2.05) is 83.4 Å². The molecule has 0 aliphatic carbocycles. The lowest BCUT2D eigenvalue weighted by Gasteiger charge is -2.23. The van der Waals surface area contributed by atoms with Gasteiger partial charge in [-0.1, -0.05) is 60.7 Å². The molecule has 0 spiro atoms. The molecule has 164 valence electrons. The van der Waals surface area contributed by atoms with Gasteiger partial charge < -0.3 is 15.8 Å². The highest BCUT2D eigenvalue weighted by Crippen LogP contribution is 2.25. The fourth-order valence-electron chi connectivity index (χ4n) is 3.41. The van der Waals surface area contributed by atoms with E-state index in [4.69, 9.17) is 10.5 Å². The maximum absolute atomic E-state index is 12.7. The molecule has 0 aliphatic rings. The van der Waals surface area contributed by atoms with E-state index in [1.54, 1.807) is 13.8 Å². The number of nitrogens with one attached hydrogen (secondary N) is 1. The first-order valence-electron chi connectivity index (χ1n) is 10.5. The topological polar surface area (TPSA) is 94.5 Å². The van der Waals surface area contributed by atoms with Gasteiger partial charge in [0.2, 0.25) is 5.91 Å². The quantitative estimate of drug-likeness (QED) is 0.447. The molecule has 7 nitrogen and oxygen atoms in total. The Hall–Kier alpha value is -3.55. The summed E-state index contributed by atoms with van der Waals surface area (Å²) in [7, 11) is 0. The zero-order chi connectivity index (χ0) is 22.6. The van der Waals surface area contributed by atoms with E-state index in [-0.39, 0.29) is 12.5 Å².